The maximum atomic E-state index is 12.9. The summed E-state index contributed by atoms with van der Waals surface area (Å²) in [5, 5.41) is 3.41. The summed E-state index contributed by atoms with van der Waals surface area (Å²) >= 11 is 0. The van der Waals surface area contributed by atoms with E-state index < -0.39 is 10.0 Å². The molecule has 1 heterocycles. The number of nitrogens with one attached hydrogen (secondary N) is 2. The zero-order valence-electron chi connectivity index (χ0n) is 20.6. The van der Waals surface area contributed by atoms with Crippen LogP contribution >= 0.6 is 0 Å². The van der Waals surface area contributed by atoms with Crippen molar-refractivity contribution < 1.29 is 13.2 Å². The van der Waals surface area contributed by atoms with Crippen LogP contribution in [0.4, 0.5) is 5.69 Å². The van der Waals surface area contributed by atoms with Crippen molar-refractivity contribution >= 4 is 21.5 Å². The molecule has 8 heteroatoms. The van der Waals surface area contributed by atoms with Crippen LogP contribution in [0.1, 0.15) is 69.7 Å². The Labute approximate surface area is 212 Å². The Morgan fingerprint density at radius 2 is 1.64 bits per heavy atom. The van der Waals surface area contributed by atoms with E-state index in [1.54, 1.807) is 18.3 Å². The number of Topliss-reactive ketones (excluding diaryl/α,β-unsaturated/α-hetero) is 1. The SMILES string of the molecule is Cc1cnc(C(=O)CCCc2ccc(S(=O)(=O)NCNc3c4c(cc5c3CCC5)CCC4)cc2)cn1. The number of carbonyl (C=O) groups is 1. The number of fused-ring (bicyclic) bond motifs is 2. The summed E-state index contributed by atoms with van der Waals surface area (Å²) < 4.78 is 28.5. The fourth-order valence-corrected chi connectivity index (χ4v) is 6.21. The number of aryl methyl sites for hydroxylation is 4. The van der Waals surface area contributed by atoms with Crippen LogP contribution in [-0.2, 0) is 42.1 Å². The smallest absolute Gasteiger partial charge is 0.242 e. The number of benzene rings is 2. The fourth-order valence-electron chi connectivity index (χ4n) is 5.29. The van der Waals surface area contributed by atoms with Crippen molar-refractivity contribution in [2.45, 2.75) is 69.6 Å². The Balaban J connectivity index is 1.15. The van der Waals surface area contributed by atoms with Gasteiger partial charge in [0.1, 0.15) is 5.69 Å². The summed E-state index contributed by atoms with van der Waals surface area (Å²) in [6.45, 7) is 1.99. The van der Waals surface area contributed by atoms with Gasteiger partial charge in [0.25, 0.3) is 0 Å². The average molecular weight is 505 g/mol. The lowest BCUT2D eigenvalue weighted by molar-refractivity contribution is 0.0975. The molecular weight excluding hydrogens is 472 g/mol. The van der Waals surface area contributed by atoms with Crippen LogP contribution in [0.15, 0.2) is 47.6 Å². The number of hydrogen-bond donors (Lipinski definition) is 2. The molecule has 2 N–H and O–H groups in total. The van der Waals surface area contributed by atoms with Gasteiger partial charge in [0.05, 0.1) is 23.5 Å². The Hall–Kier alpha value is -3.10. The van der Waals surface area contributed by atoms with Gasteiger partial charge in [-0.3, -0.25) is 9.78 Å². The molecule has 188 valence electrons. The minimum atomic E-state index is -3.63. The van der Waals surface area contributed by atoms with Gasteiger partial charge in [0, 0.05) is 18.3 Å². The minimum Gasteiger partial charge on any atom is -0.371 e. The molecule has 0 aliphatic heterocycles. The van der Waals surface area contributed by atoms with Gasteiger partial charge in [-0.1, -0.05) is 18.2 Å². The number of carbonyl (C=O) groups excluding carboxylic acids is 1. The van der Waals surface area contributed by atoms with E-state index in [4.69, 9.17) is 0 Å². The van der Waals surface area contributed by atoms with Gasteiger partial charge in [-0.15, -0.1) is 0 Å². The van der Waals surface area contributed by atoms with E-state index in [0.29, 0.717) is 25.0 Å². The average Bonchev–Trinajstić information content (AvgIpc) is 3.54. The second-order valence-corrected chi connectivity index (χ2v) is 11.5. The molecule has 0 spiro atoms. The van der Waals surface area contributed by atoms with E-state index in [0.717, 1.165) is 42.6 Å². The van der Waals surface area contributed by atoms with E-state index in [1.807, 2.05) is 19.1 Å². The highest BCUT2D eigenvalue weighted by Crippen LogP contribution is 2.38. The highest BCUT2D eigenvalue weighted by Gasteiger charge is 2.24. The molecular formula is C28H32N4O3S. The van der Waals surface area contributed by atoms with Crippen molar-refractivity contribution in [3.05, 3.63) is 81.9 Å². The second kappa shape index (κ2) is 10.5. The monoisotopic (exact) mass is 504 g/mol. The molecule has 7 nitrogen and oxygen atoms in total. The molecule has 0 saturated carbocycles. The van der Waals surface area contributed by atoms with Gasteiger partial charge in [-0.2, -0.15) is 4.72 Å². The molecule has 1 aromatic heterocycles. The van der Waals surface area contributed by atoms with E-state index in [9.17, 15) is 13.2 Å². The number of sulfonamides is 1. The van der Waals surface area contributed by atoms with Crippen LogP contribution in [0.25, 0.3) is 0 Å². The van der Waals surface area contributed by atoms with E-state index >= 15 is 0 Å². The Morgan fingerprint density at radius 1 is 0.944 bits per heavy atom. The Bertz CT molecular complexity index is 1340. The van der Waals surface area contributed by atoms with Crippen molar-refractivity contribution in [2.24, 2.45) is 0 Å². The molecule has 0 atom stereocenters. The van der Waals surface area contributed by atoms with Crippen LogP contribution < -0.4 is 10.0 Å². The molecule has 5 rings (SSSR count). The largest absolute Gasteiger partial charge is 0.371 e. The molecule has 0 amide bonds. The summed E-state index contributed by atoms with van der Waals surface area (Å²) in [5.74, 6) is -0.0342. The number of hydrogen-bond acceptors (Lipinski definition) is 6. The molecule has 2 aliphatic rings. The third-order valence-electron chi connectivity index (χ3n) is 7.17. The van der Waals surface area contributed by atoms with Crippen molar-refractivity contribution in [3.63, 3.8) is 0 Å². The molecule has 0 bridgehead atoms. The number of rotatable bonds is 10. The fraction of sp³-hybridized carbons (Fsp3) is 0.393. The second-order valence-electron chi connectivity index (χ2n) is 9.70. The van der Waals surface area contributed by atoms with Gasteiger partial charge in [-0.25, -0.2) is 13.4 Å². The van der Waals surface area contributed by atoms with Crippen LogP contribution in [-0.4, -0.2) is 30.8 Å². The Morgan fingerprint density at radius 3 is 2.28 bits per heavy atom. The highest BCUT2D eigenvalue weighted by atomic mass is 32.2. The zero-order chi connectivity index (χ0) is 25.1. The first kappa shape index (κ1) is 24.6. The van der Waals surface area contributed by atoms with Crippen molar-refractivity contribution in [1.29, 1.82) is 0 Å². The van der Waals surface area contributed by atoms with Gasteiger partial charge in [0.2, 0.25) is 10.0 Å². The van der Waals surface area contributed by atoms with Crippen LogP contribution in [0, 0.1) is 6.92 Å². The first-order valence-electron chi connectivity index (χ1n) is 12.7. The topological polar surface area (TPSA) is 101 Å². The summed E-state index contributed by atoms with van der Waals surface area (Å²) in [6, 6.07) is 9.25. The van der Waals surface area contributed by atoms with Gasteiger partial charge < -0.3 is 5.32 Å². The standard InChI is InChI=1S/C28H32N4O3S/c1-19-16-30-26(17-29-19)27(33)10-2-5-20-11-13-23(14-12-20)36(34,35)32-18-31-28-24-8-3-6-21(24)15-22-7-4-9-25(22)28/h11-17,31-32H,2-10,18H2,1H3. The quantitative estimate of drug-likeness (QED) is 0.315. The number of nitrogens with zero attached hydrogens (tertiary/aromatic N) is 2. The molecule has 2 aliphatic carbocycles. The molecule has 0 radical (unpaired) electrons. The molecule has 0 saturated heterocycles. The molecule has 3 aromatic rings. The van der Waals surface area contributed by atoms with Crippen LogP contribution in [0.5, 0.6) is 0 Å². The van der Waals surface area contributed by atoms with Gasteiger partial charge in [0.15, 0.2) is 5.78 Å². The molecule has 2 aromatic carbocycles. The first-order valence-corrected chi connectivity index (χ1v) is 14.2. The normalized spacial score (nSPS) is 14.5. The lowest BCUT2D eigenvalue weighted by atomic mass is 9.99. The third kappa shape index (κ3) is 5.34. The van der Waals surface area contributed by atoms with Crippen molar-refractivity contribution in [2.75, 3.05) is 12.0 Å². The first-order chi connectivity index (χ1) is 17.4. The van der Waals surface area contributed by atoms with Gasteiger partial charge >= 0.3 is 0 Å². The van der Waals surface area contributed by atoms with Crippen molar-refractivity contribution in [1.82, 2.24) is 14.7 Å². The lowest BCUT2D eigenvalue weighted by Crippen LogP contribution is -2.29. The Kier molecular flexibility index (Phi) is 7.16. The van der Waals surface area contributed by atoms with Crippen molar-refractivity contribution in [3.8, 4) is 0 Å². The zero-order valence-corrected chi connectivity index (χ0v) is 21.5. The maximum Gasteiger partial charge on any atom is 0.242 e. The van der Waals surface area contributed by atoms with Crippen LogP contribution in [0.2, 0.25) is 0 Å². The number of ketones is 1. The molecule has 0 fully saturated rings. The third-order valence-corrected chi connectivity index (χ3v) is 8.59. The van der Waals surface area contributed by atoms with E-state index in [-0.39, 0.29) is 17.3 Å². The van der Waals surface area contributed by atoms with Gasteiger partial charge in [-0.05, 0) is 98.2 Å². The lowest BCUT2D eigenvalue weighted by Gasteiger charge is -2.17. The molecule has 0 unspecified atom stereocenters. The highest BCUT2D eigenvalue weighted by molar-refractivity contribution is 7.89. The summed E-state index contributed by atoms with van der Waals surface area (Å²) in [5.41, 5.74) is 8.88. The minimum absolute atomic E-state index is 0.0342. The number of anilines is 1. The summed E-state index contributed by atoms with van der Waals surface area (Å²) in [4.78, 5) is 20.7. The van der Waals surface area contributed by atoms with Crippen LogP contribution in [0.3, 0.4) is 0 Å². The predicted molar refractivity (Wildman–Crippen MR) is 140 cm³/mol. The maximum absolute atomic E-state index is 12.9. The predicted octanol–water partition coefficient (Wildman–Crippen LogP) is 4.32. The molecule has 36 heavy (non-hydrogen) atoms. The summed E-state index contributed by atoms with van der Waals surface area (Å²) in [6.07, 6.45) is 11.5. The van der Waals surface area contributed by atoms with E-state index in [2.05, 4.69) is 26.1 Å². The summed E-state index contributed by atoms with van der Waals surface area (Å²) in [7, 11) is -3.63. The van der Waals surface area contributed by atoms with E-state index in [1.165, 1.54) is 41.3 Å². The number of aromatic nitrogens is 2.